The maximum Gasteiger partial charge on any atom is 0.186 e. The molecule has 0 N–H and O–H groups in total. The zero-order chi connectivity index (χ0) is 10.6. The number of halogens is 1. The standard InChI is InChI=1S/C10H17BrN2S/c1-4-7-8-9(11)12-10(14-8)13(5-2)6-3/h4-7H2,1-3H3. The molecule has 4 heteroatoms. The molecule has 0 amide bonds. The summed E-state index contributed by atoms with van der Waals surface area (Å²) in [6, 6.07) is 0. The van der Waals surface area contributed by atoms with E-state index in [-0.39, 0.29) is 0 Å². The van der Waals surface area contributed by atoms with Crippen molar-refractivity contribution in [3.63, 3.8) is 0 Å². The molecular weight excluding hydrogens is 260 g/mol. The highest BCUT2D eigenvalue weighted by atomic mass is 79.9. The van der Waals surface area contributed by atoms with E-state index in [1.807, 2.05) is 11.3 Å². The van der Waals surface area contributed by atoms with E-state index in [0.717, 1.165) is 29.2 Å². The summed E-state index contributed by atoms with van der Waals surface area (Å²) in [4.78, 5) is 8.19. The first kappa shape index (κ1) is 12.0. The molecule has 0 saturated carbocycles. The molecule has 0 bridgehead atoms. The second kappa shape index (κ2) is 5.71. The lowest BCUT2D eigenvalue weighted by atomic mass is 10.3. The number of aryl methyl sites for hydroxylation is 1. The summed E-state index contributed by atoms with van der Waals surface area (Å²) < 4.78 is 1.03. The SMILES string of the molecule is CCCc1sc(N(CC)CC)nc1Br. The molecule has 0 unspecified atom stereocenters. The number of anilines is 1. The molecule has 2 nitrogen and oxygen atoms in total. The lowest BCUT2D eigenvalue weighted by Crippen LogP contribution is -2.21. The third-order valence-electron chi connectivity index (χ3n) is 2.15. The summed E-state index contributed by atoms with van der Waals surface area (Å²) >= 11 is 5.33. The topological polar surface area (TPSA) is 16.1 Å². The van der Waals surface area contributed by atoms with Crippen LogP contribution in [0, 0.1) is 0 Å². The summed E-state index contributed by atoms with van der Waals surface area (Å²) in [6.07, 6.45) is 2.30. The van der Waals surface area contributed by atoms with E-state index in [1.165, 1.54) is 11.3 Å². The predicted octanol–water partition coefficient (Wildman–Crippen LogP) is 3.70. The van der Waals surface area contributed by atoms with Gasteiger partial charge in [0.05, 0.1) is 0 Å². The lowest BCUT2D eigenvalue weighted by Gasteiger charge is -2.16. The van der Waals surface area contributed by atoms with Crippen molar-refractivity contribution in [2.45, 2.75) is 33.6 Å². The second-order valence-corrected chi connectivity index (χ2v) is 4.95. The maximum atomic E-state index is 4.53. The molecular formula is C10H17BrN2S. The van der Waals surface area contributed by atoms with E-state index in [2.05, 4.69) is 46.6 Å². The number of thiazole rings is 1. The van der Waals surface area contributed by atoms with Crippen molar-refractivity contribution >= 4 is 32.4 Å². The van der Waals surface area contributed by atoms with Crippen LogP contribution in [0.15, 0.2) is 4.60 Å². The largest absolute Gasteiger partial charge is 0.349 e. The molecule has 1 aromatic heterocycles. The Morgan fingerprint density at radius 2 is 1.93 bits per heavy atom. The molecule has 0 radical (unpaired) electrons. The van der Waals surface area contributed by atoms with Crippen LogP contribution in [-0.4, -0.2) is 18.1 Å². The van der Waals surface area contributed by atoms with E-state index < -0.39 is 0 Å². The number of hydrogen-bond donors (Lipinski definition) is 0. The molecule has 0 spiro atoms. The third-order valence-corrected chi connectivity index (χ3v) is 4.24. The Hall–Kier alpha value is -0.0900. The van der Waals surface area contributed by atoms with Crippen molar-refractivity contribution in [2.24, 2.45) is 0 Å². The zero-order valence-electron chi connectivity index (χ0n) is 9.01. The summed E-state index contributed by atoms with van der Waals surface area (Å²) in [5.41, 5.74) is 0. The number of nitrogens with zero attached hydrogens (tertiary/aromatic N) is 2. The van der Waals surface area contributed by atoms with Gasteiger partial charge in [0.15, 0.2) is 5.13 Å². The molecule has 0 aliphatic carbocycles. The average Bonchev–Trinajstić information content (AvgIpc) is 2.51. The predicted molar refractivity (Wildman–Crippen MR) is 67.4 cm³/mol. The van der Waals surface area contributed by atoms with Gasteiger partial charge in [-0.1, -0.05) is 13.3 Å². The molecule has 0 fully saturated rings. The number of hydrogen-bond acceptors (Lipinski definition) is 3. The minimum absolute atomic E-state index is 1.03. The van der Waals surface area contributed by atoms with Gasteiger partial charge in [-0.25, -0.2) is 4.98 Å². The molecule has 1 rings (SSSR count). The van der Waals surface area contributed by atoms with Crippen LogP contribution in [0.5, 0.6) is 0 Å². The summed E-state index contributed by atoms with van der Waals surface area (Å²) in [5.74, 6) is 0. The molecule has 0 saturated heterocycles. The highest BCUT2D eigenvalue weighted by molar-refractivity contribution is 9.10. The second-order valence-electron chi connectivity index (χ2n) is 3.13. The van der Waals surface area contributed by atoms with Crippen molar-refractivity contribution in [1.29, 1.82) is 0 Å². The fourth-order valence-electron chi connectivity index (χ4n) is 1.33. The van der Waals surface area contributed by atoms with Crippen LogP contribution in [0.1, 0.15) is 32.1 Å². The van der Waals surface area contributed by atoms with Gasteiger partial charge in [-0.15, -0.1) is 11.3 Å². The maximum absolute atomic E-state index is 4.53. The van der Waals surface area contributed by atoms with Gasteiger partial charge in [-0.3, -0.25) is 0 Å². The molecule has 14 heavy (non-hydrogen) atoms. The van der Waals surface area contributed by atoms with Crippen LogP contribution in [0.25, 0.3) is 0 Å². The first-order chi connectivity index (χ1) is 6.72. The summed E-state index contributed by atoms with van der Waals surface area (Å²) in [6.45, 7) is 8.59. The van der Waals surface area contributed by atoms with Crippen molar-refractivity contribution in [3.05, 3.63) is 9.48 Å². The molecule has 0 aliphatic rings. The Kier molecular flexibility index (Phi) is 4.89. The Bertz CT molecular complexity index is 282. The summed E-state index contributed by atoms with van der Waals surface area (Å²) in [7, 11) is 0. The fraction of sp³-hybridized carbons (Fsp3) is 0.700. The highest BCUT2D eigenvalue weighted by Crippen LogP contribution is 2.30. The van der Waals surface area contributed by atoms with Crippen LogP contribution in [-0.2, 0) is 6.42 Å². The van der Waals surface area contributed by atoms with Crippen molar-refractivity contribution in [1.82, 2.24) is 4.98 Å². The molecule has 80 valence electrons. The molecule has 0 atom stereocenters. The Morgan fingerprint density at radius 3 is 2.43 bits per heavy atom. The fourth-order valence-corrected chi connectivity index (χ4v) is 3.24. The van der Waals surface area contributed by atoms with Crippen molar-refractivity contribution < 1.29 is 0 Å². The molecule has 1 heterocycles. The lowest BCUT2D eigenvalue weighted by molar-refractivity contribution is 0.858. The normalized spacial score (nSPS) is 10.6. The molecule has 0 aliphatic heterocycles. The first-order valence-corrected chi connectivity index (χ1v) is 6.73. The van der Waals surface area contributed by atoms with Crippen molar-refractivity contribution in [3.8, 4) is 0 Å². The van der Waals surface area contributed by atoms with Gasteiger partial charge in [-0.2, -0.15) is 0 Å². The van der Waals surface area contributed by atoms with Crippen LogP contribution in [0.3, 0.4) is 0 Å². The first-order valence-electron chi connectivity index (χ1n) is 5.13. The number of rotatable bonds is 5. The van der Waals surface area contributed by atoms with E-state index in [4.69, 9.17) is 0 Å². The minimum atomic E-state index is 1.03. The van der Waals surface area contributed by atoms with Gasteiger partial charge < -0.3 is 4.90 Å². The van der Waals surface area contributed by atoms with E-state index >= 15 is 0 Å². The zero-order valence-corrected chi connectivity index (χ0v) is 11.4. The van der Waals surface area contributed by atoms with Crippen LogP contribution in [0.2, 0.25) is 0 Å². The van der Waals surface area contributed by atoms with Crippen LogP contribution < -0.4 is 4.90 Å². The van der Waals surface area contributed by atoms with Gasteiger partial charge in [0, 0.05) is 18.0 Å². The van der Waals surface area contributed by atoms with Gasteiger partial charge in [0.25, 0.3) is 0 Å². The van der Waals surface area contributed by atoms with E-state index in [0.29, 0.717) is 0 Å². The van der Waals surface area contributed by atoms with Crippen LogP contribution >= 0.6 is 27.3 Å². The van der Waals surface area contributed by atoms with Gasteiger partial charge in [-0.05, 0) is 36.2 Å². The van der Waals surface area contributed by atoms with Gasteiger partial charge >= 0.3 is 0 Å². The Morgan fingerprint density at radius 1 is 1.29 bits per heavy atom. The third kappa shape index (κ3) is 2.70. The van der Waals surface area contributed by atoms with Gasteiger partial charge in [0.2, 0.25) is 0 Å². The van der Waals surface area contributed by atoms with Gasteiger partial charge in [0.1, 0.15) is 4.60 Å². The van der Waals surface area contributed by atoms with E-state index in [1.54, 1.807) is 0 Å². The minimum Gasteiger partial charge on any atom is -0.349 e. The average molecular weight is 277 g/mol. The van der Waals surface area contributed by atoms with E-state index in [9.17, 15) is 0 Å². The smallest absolute Gasteiger partial charge is 0.186 e. The quantitative estimate of drug-likeness (QED) is 0.815. The Balaban J connectivity index is 2.83. The summed E-state index contributed by atoms with van der Waals surface area (Å²) in [5, 5.41) is 1.14. The molecule has 1 aromatic rings. The van der Waals surface area contributed by atoms with Crippen LogP contribution in [0.4, 0.5) is 5.13 Å². The number of aromatic nitrogens is 1. The molecule has 0 aromatic carbocycles. The monoisotopic (exact) mass is 276 g/mol. The highest BCUT2D eigenvalue weighted by Gasteiger charge is 2.11. The Labute approximate surface area is 98.5 Å². The van der Waals surface area contributed by atoms with Crippen molar-refractivity contribution in [2.75, 3.05) is 18.0 Å².